The normalized spacial score (nSPS) is 14.3. The topological polar surface area (TPSA) is 52.7 Å². The summed E-state index contributed by atoms with van der Waals surface area (Å²) in [5, 5.41) is 2.77. The highest BCUT2D eigenvalue weighted by molar-refractivity contribution is 5.94. The molecule has 1 N–H and O–H groups in total. The first kappa shape index (κ1) is 17.0. The lowest BCUT2D eigenvalue weighted by atomic mass is 10.2. The van der Waals surface area contributed by atoms with E-state index in [1.54, 1.807) is 34.9 Å². The summed E-state index contributed by atoms with van der Waals surface area (Å²) >= 11 is 0. The molecule has 1 aliphatic rings. The van der Waals surface area contributed by atoms with Crippen LogP contribution in [0.2, 0.25) is 0 Å². The van der Waals surface area contributed by atoms with Gasteiger partial charge in [0.15, 0.2) is 0 Å². The van der Waals surface area contributed by atoms with Crippen molar-refractivity contribution in [2.24, 2.45) is 0 Å². The Morgan fingerprint density at radius 3 is 2.24 bits per heavy atom. The second-order valence-corrected chi connectivity index (χ2v) is 6.04. The molecule has 25 heavy (non-hydrogen) atoms. The predicted octanol–water partition coefficient (Wildman–Crippen LogP) is 3.12. The van der Waals surface area contributed by atoms with Gasteiger partial charge in [-0.2, -0.15) is 0 Å². The molecule has 6 heteroatoms. The van der Waals surface area contributed by atoms with Gasteiger partial charge < -0.3 is 15.1 Å². The number of rotatable bonds is 2. The first-order chi connectivity index (χ1) is 12.0. The average molecular weight is 341 g/mol. The highest BCUT2D eigenvalue weighted by Gasteiger charge is 2.24. The molecule has 1 aliphatic heterocycles. The quantitative estimate of drug-likeness (QED) is 0.912. The molecule has 1 saturated heterocycles. The number of hydrogen-bond donors (Lipinski definition) is 1. The molecular formula is C19H20FN3O2. The molecule has 0 spiro atoms. The van der Waals surface area contributed by atoms with Crippen LogP contribution in [0, 0.1) is 12.7 Å². The molecule has 2 aromatic carbocycles. The van der Waals surface area contributed by atoms with Crippen LogP contribution in [-0.2, 0) is 0 Å². The minimum absolute atomic E-state index is 0.0187. The number of nitrogens with zero attached hydrogens (tertiary/aromatic N) is 2. The van der Waals surface area contributed by atoms with Gasteiger partial charge in [0.25, 0.3) is 5.91 Å². The van der Waals surface area contributed by atoms with Crippen LogP contribution in [0.5, 0.6) is 0 Å². The van der Waals surface area contributed by atoms with Crippen LogP contribution in [0.15, 0.2) is 48.5 Å². The van der Waals surface area contributed by atoms with Gasteiger partial charge in [-0.15, -0.1) is 0 Å². The van der Waals surface area contributed by atoms with E-state index in [2.05, 4.69) is 5.32 Å². The second-order valence-electron chi connectivity index (χ2n) is 6.04. The van der Waals surface area contributed by atoms with E-state index >= 15 is 0 Å². The highest BCUT2D eigenvalue weighted by atomic mass is 19.1. The van der Waals surface area contributed by atoms with Gasteiger partial charge in [-0.25, -0.2) is 9.18 Å². The highest BCUT2D eigenvalue weighted by Crippen LogP contribution is 2.15. The monoisotopic (exact) mass is 341 g/mol. The molecule has 3 amide bonds. The Hall–Kier alpha value is -2.89. The number of carbonyl (C=O) groups excluding carboxylic acids is 2. The molecular weight excluding hydrogens is 321 g/mol. The van der Waals surface area contributed by atoms with Crippen molar-refractivity contribution in [2.75, 3.05) is 31.5 Å². The fourth-order valence-corrected chi connectivity index (χ4v) is 2.80. The lowest BCUT2D eigenvalue weighted by molar-refractivity contribution is 0.0671. The molecule has 0 unspecified atom stereocenters. The molecule has 0 bridgehead atoms. The number of anilines is 1. The van der Waals surface area contributed by atoms with Gasteiger partial charge in [-0.3, -0.25) is 4.79 Å². The zero-order valence-corrected chi connectivity index (χ0v) is 14.0. The van der Waals surface area contributed by atoms with Crippen LogP contribution in [0.3, 0.4) is 0 Å². The van der Waals surface area contributed by atoms with Crippen LogP contribution in [-0.4, -0.2) is 47.9 Å². The van der Waals surface area contributed by atoms with Crippen LogP contribution in [0.25, 0.3) is 0 Å². The Bertz CT molecular complexity index is 771. The van der Waals surface area contributed by atoms with Crippen molar-refractivity contribution in [3.63, 3.8) is 0 Å². The largest absolute Gasteiger partial charge is 0.335 e. The van der Waals surface area contributed by atoms with Gasteiger partial charge in [-0.1, -0.05) is 18.2 Å². The number of halogens is 1. The number of urea groups is 1. The van der Waals surface area contributed by atoms with Crippen LogP contribution < -0.4 is 5.32 Å². The smallest absolute Gasteiger partial charge is 0.321 e. The van der Waals surface area contributed by atoms with E-state index < -0.39 is 0 Å². The number of hydrogen-bond acceptors (Lipinski definition) is 2. The predicted molar refractivity (Wildman–Crippen MR) is 94.1 cm³/mol. The number of aryl methyl sites for hydroxylation is 1. The summed E-state index contributed by atoms with van der Waals surface area (Å²) in [5.41, 5.74) is 1.70. The van der Waals surface area contributed by atoms with Gasteiger partial charge in [-0.05, 0) is 42.8 Å². The lowest BCUT2D eigenvalue weighted by Crippen LogP contribution is -2.51. The van der Waals surface area contributed by atoms with E-state index in [1.165, 1.54) is 12.1 Å². The standard InChI is InChI=1S/C19H20FN3O2/c1-14-13-16(7-8-17(14)20)21-19(25)23-11-9-22(10-12-23)18(24)15-5-3-2-4-6-15/h2-8,13H,9-12H2,1H3,(H,21,25). The van der Waals surface area contributed by atoms with Crippen LogP contribution >= 0.6 is 0 Å². The Kier molecular flexibility index (Phi) is 4.97. The average Bonchev–Trinajstić information content (AvgIpc) is 2.65. The SMILES string of the molecule is Cc1cc(NC(=O)N2CCN(C(=O)c3ccccc3)CC2)ccc1F. The van der Waals surface area contributed by atoms with E-state index in [1.807, 2.05) is 18.2 Å². The molecule has 3 rings (SSSR count). The van der Waals surface area contributed by atoms with E-state index in [9.17, 15) is 14.0 Å². The molecule has 130 valence electrons. The minimum Gasteiger partial charge on any atom is -0.335 e. The third-order valence-corrected chi connectivity index (χ3v) is 4.28. The molecule has 5 nitrogen and oxygen atoms in total. The van der Waals surface area contributed by atoms with E-state index in [0.29, 0.717) is 43.0 Å². The third-order valence-electron chi connectivity index (χ3n) is 4.28. The van der Waals surface area contributed by atoms with Gasteiger partial charge in [0.2, 0.25) is 0 Å². The fourth-order valence-electron chi connectivity index (χ4n) is 2.80. The van der Waals surface area contributed by atoms with E-state index in [4.69, 9.17) is 0 Å². The Morgan fingerprint density at radius 2 is 1.60 bits per heavy atom. The van der Waals surface area contributed by atoms with Crippen molar-refractivity contribution in [1.29, 1.82) is 0 Å². The van der Waals surface area contributed by atoms with Crippen molar-refractivity contribution >= 4 is 17.6 Å². The first-order valence-electron chi connectivity index (χ1n) is 8.21. The zero-order chi connectivity index (χ0) is 17.8. The molecule has 2 aromatic rings. The van der Waals surface area contributed by atoms with Crippen molar-refractivity contribution in [3.8, 4) is 0 Å². The summed E-state index contributed by atoms with van der Waals surface area (Å²) < 4.78 is 13.3. The number of nitrogens with one attached hydrogen (secondary N) is 1. The van der Waals surface area contributed by atoms with Gasteiger partial charge in [0.05, 0.1) is 0 Å². The van der Waals surface area contributed by atoms with Crippen molar-refractivity contribution in [2.45, 2.75) is 6.92 Å². The summed E-state index contributed by atoms with van der Waals surface area (Å²) in [6.07, 6.45) is 0. The second kappa shape index (κ2) is 7.34. The summed E-state index contributed by atoms with van der Waals surface area (Å²) in [6, 6.07) is 13.4. The summed E-state index contributed by atoms with van der Waals surface area (Å²) in [6.45, 7) is 3.56. The minimum atomic E-state index is -0.300. The summed E-state index contributed by atoms with van der Waals surface area (Å²) in [7, 11) is 0. The fraction of sp³-hybridized carbons (Fsp3) is 0.263. The summed E-state index contributed by atoms with van der Waals surface area (Å²) in [5.74, 6) is -0.319. The van der Waals surface area contributed by atoms with Gasteiger partial charge >= 0.3 is 6.03 Å². The molecule has 0 aliphatic carbocycles. The van der Waals surface area contributed by atoms with E-state index in [-0.39, 0.29) is 17.8 Å². The zero-order valence-electron chi connectivity index (χ0n) is 14.0. The molecule has 1 heterocycles. The maximum atomic E-state index is 13.3. The van der Waals surface area contributed by atoms with Crippen LogP contribution in [0.4, 0.5) is 14.9 Å². The molecule has 0 atom stereocenters. The van der Waals surface area contributed by atoms with Crippen molar-refractivity contribution in [1.82, 2.24) is 9.80 Å². The van der Waals surface area contributed by atoms with Crippen molar-refractivity contribution < 1.29 is 14.0 Å². The number of benzene rings is 2. The van der Waals surface area contributed by atoms with Crippen molar-refractivity contribution in [3.05, 3.63) is 65.5 Å². The van der Waals surface area contributed by atoms with Crippen LogP contribution in [0.1, 0.15) is 15.9 Å². The first-order valence-corrected chi connectivity index (χ1v) is 8.21. The number of carbonyl (C=O) groups is 2. The Morgan fingerprint density at radius 1 is 0.960 bits per heavy atom. The Balaban J connectivity index is 1.55. The molecule has 0 saturated carbocycles. The third kappa shape index (κ3) is 3.96. The molecule has 0 radical (unpaired) electrons. The summed E-state index contributed by atoms with van der Waals surface area (Å²) in [4.78, 5) is 28.1. The number of amides is 3. The Labute approximate surface area is 146 Å². The van der Waals surface area contributed by atoms with Gasteiger partial charge in [0.1, 0.15) is 5.82 Å². The lowest BCUT2D eigenvalue weighted by Gasteiger charge is -2.34. The maximum absolute atomic E-state index is 13.3. The molecule has 0 aromatic heterocycles. The maximum Gasteiger partial charge on any atom is 0.321 e. The van der Waals surface area contributed by atoms with Gasteiger partial charge in [0, 0.05) is 37.4 Å². The van der Waals surface area contributed by atoms with E-state index in [0.717, 1.165) is 0 Å². The molecule has 1 fully saturated rings. The number of piperazine rings is 1.